The molecular formula is C24H23ClN4O3. The molecule has 3 rings (SSSR count). The fourth-order valence-corrected chi connectivity index (χ4v) is 3.04. The Morgan fingerprint density at radius 2 is 1.38 bits per heavy atom. The Balaban J connectivity index is 1.67. The molecule has 32 heavy (non-hydrogen) atoms. The monoisotopic (exact) mass is 450 g/mol. The summed E-state index contributed by atoms with van der Waals surface area (Å²) in [6, 6.07) is 19.7. The minimum atomic E-state index is -0.411. The van der Waals surface area contributed by atoms with Crippen molar-refractivity contribution >= 4 is 46.5 Å². The molecule has 0 aliphatic rings. The Kier molecular flexibility index (Phi) is 7.46. The van der Waals surface area contributed by atoms with Gasteiger partial charge in [0.2, 0.25) is 0 Å². The van der Waals surface area contributed by atoms with Crippen LogP contribution in [0, 0.1) is 0 Å². The molecule has 7 nitrogen and oxygen atoms in total. The number of carbonyl (C=O) groups excluding carboxylic acids is 3. The number of nitrogens with one attached hydrogen (secondary N) is 4. The number of hydrogen-bond acceptors (Lipinski definition) is 3. The van der Waals surface area contributed by atoms with Gasteiger partial charge in [-0.15, -0.1) is 0 Å². The van der Waals surface area contributed by atoms with Crippen molar-refractivity contribution in [2.24, 2.45) is 0 Å². The maximum absolute atomic E-state index is 12.7. The van der Waals surface area contributed by atoms with Gasteiger partial charge in [0.25, 0.3) is 11.8 Å². The van der Waals surface area contributed by atoms with E-state index in [9.17, 15) is 14.4 Å². The number of amides is 4. The largest absolute Gasteiger partial charge is 0.350 e. The third kappa shape index (κ3) is 6.33. The van der Waals surface area contributed by atoms with E-state index in [2.05, 4.69) is 21.3 Å². The molecule has 3 aromatic rings. The van der Waals surface area contributed by atoms with Crippen LogP contribution in [0.2, 0.25) is 5.02 Å². The SMILES string of the molecule is CC(C)NC(=O)c1ccc(Cl)cc1NC(=O)c1ccc(NC(=O)Nc2ccccc2)cc1. The molecule has 4 amide bonds. The fourth-order valence-electron chi connectivity index (χ4n) is 2.87. The van der Waals surface area contributed by atoms with E-state index in [-0.39, 0.29) is 11.9 Å². The number of urea groups is 1. The number of benzene rings is 3. The molecule has 0 saturated carbocycles. The van der Waals surface area contributed by atoms with E-state index in [1.807, 2.05) is 32.0 Å². The third-order valence-corrected chi connectivity index (χ3v) is 4.57. The Bertz CT molecular complexity index is 1120. The van der Waals surface area contributed by atoms with Crippen molar-refractivity contribution in [1.29, 1.82) is 0 Å². The second kappa shape index (κ2) is 10.5. The molecule has 0 radical (unpaired) electrons. The maximum Gasteiger partial charge on any atom is 0.323 e. The first-order chi connectivity index (χ1) is 15.3. The van der Waals surface area contributed by atoms with Crippen LogP contribution in [0.1, 0.15) is 34.6 Å². The zero-order valence-corrected chi connectivity index (χ0v) is 18.4. The van der Waals surface area contributed by atoms with E-state index in [0.717, 1.165) is 0 Å². The number of carbonyl (C=O) groups is 3. The lowest BCUT2D eigenvalue weighted by Gasteiger charge is -2.14. The molecule has 0 saturated heterocycles. The van der Waals surface area contributed by atoms with Crippen molar-refractivity contribution in [2.75, 3.05) is 16.0 Å². The van der Waals surface area contributed by atoms with Gasteiger partial charge in [-0.3, -0.25) is 9.59 Å². The molecule has 164 valence electrons. The predicted molar refractivity (Wildman–Crippen MR) is 128 cm³/mol. The van der Waals surface area contributed by atoms with Gasteiger partial charge in [0.1, 0.15) is 0 Å². The van der Waals surface area contributed by atoms with Gasteiger partial charge in [-0.25, -0.2) is 4.79 Å². The molecule has 0 unspecified atom stereocenters. The van der Waals surface area contributed by atoms with Gasteiger partial charge in [0, 0.05) is 28.0 Å². The summed E-state index contributed by atoms with van der Waals surface area (Å²) in [4.78, 5) is 37.2. The second-order valence-corrected chi connectivity index (χ2v) is 7.73. The standard InChI is InChI=1S/C24H23ClN4O3/c1-15(2)26-23(31)20-13-10-17(25)14-21(20)29-22(30)16-8-11-19(12-9-16)28-24(32)27-18-6-4-3-5-7-18/h3-15H,1-2H3,(H,26,31)(H,29,30)(H2,27,28,32). The van der Waals surface area contributed by atoms with Crippen LogP contribution in [-0.4, -0.2) is 23.9 Å². The van der Waals surface area contributed by atoms with E-state index < -0.39 is 11.9 Å². The Hall–Kier alpha value is -3.84. The summed E-state index contributed by atoms with van der Waals surface area (Å²) in [5.74, 6) is -0.720. The van der Waals surface area contributed by atoms with Crippen LogP contribution >= 0.6 is 11.6 Å². The number of hydrogen-bond donors (Lipinski definition) is 4. The molecule has 0 aromatic heterocycles. The van der Waals surface area contributed by atoms with Crippen LogP contribution in [0.4, 0.5) is 21.9 Å². The number of rotatable bonds is 6. The predicted octanol–water partition coefficient (Wildman–Crippen LogP) is 5.37. The van der Waals surface area contributed by atoms with Crippen LogP contribution in [-0.2, 0) is 0 Å². The van der Waals surface area contributed by atoms with Gasteiger partial charge in [-0.1, -0.05) is 29.8 Å². The van der Waals surface area contributed by atoms with Gasteiger partial charge >= 0.3 is 6.03 Å². The first-order valence-corrected chi connectivity index (χ1v) is 10.3. The smallest absolute Gasteiger partial charge is 0.323 e. The Morgan fingerprint density at radius 3 is 2.00 bits per heavy atom. The summed E-state index contributed by atoms with van der Waals surface area (Å²) in [7, 11) is 0. The molecule has 0 aliphatic carbocycles. The number of anilines is 3. The molecule has 0 fully saturated rings. The lowest BCUT2D eigenvalue weighted by molar-refractivity contribution is 0.0944. The zero-order chi connectivity index (χ0) is 23.1. The zero-order valence-electron chi connectivity index (χ0n) is 17.6. The van der Waals surface area contributed by atoms with Crippen LogP contribution in [0.25, 0.3) is 0 Å². The van der Waals surface area contributed by atoms with Crippen molar-refractivity contribution in [3.63, 3.8) is 0 Å². The van der Waals surface area contributed by atoms with Gasteiger partial charge in [-0.05, 0) is 68.4 Å². The highest BCUT2D eigenvalue weighted by atomic mass is 35.5. The molecule has 0 spiro atoms. The fraction of sp³-hybridized carbons (Fsp3) is 0.125. The summed E-state index contributed by atoms with van der Waals surface area (Å²) in [6.45, 7) is 3.70. The molecule has 0 heterocycles. The van der Waals surface area contributed by atoms with Gasteiger partial charge in [0.05, 0.1) is 11.3 Å². The number of halogens is 1. The summed E-state index contributed by atoms with van der Waals surface area (Å²) in [6.07, 6.45) is 0. The molecule has 0 aliphatic heterocycles. The van der Waals surface area contributed by atoms with Crippen molar-refractivity contribution in [1.82, 2.24) is 5.32 Å². The van der Waals surface area contributed by atoms with Crippen LogP contribution in [0.15, 0.2) is 72.8 Å². The average Bonchev–Trinajstić information content (AvgIpc) is 2.74. The topological polar surface area (TPSA) is 99.3 Å². The minimum Gasteiger partial charge on any atom is -0.350 e. The van der Waals surface area contributed by atoms with Crippen molar-refractivity contribution in [3.05, 3.63) is 88.9 Å². The van der Waals surface area contributed by atoms with Crippen LogP contribution in [0.3, 0.4) is 0 Å². The van der Waals surface area contributed by atoms with Gasteiger partial charge in [-0.2, -0.15) is 0 Å². The summed E-state index contributed by atoms with van der Waals surface area (Å²) in [5, 5.41) is 11.3. The van der Waals surface area contributed by atoms with E-state index >= 15 is 0 Å². The molecule has 4 N–H and O–H groups in total. The molecule has 8 heteroatoms. The van der Waals surface area contributed by atoms with Crippen LogP contribution < -0.4 is 21.3 Å². The summed E-state index contributed by atoms with van der Waals surface area (Å²) >= 11 is 6.05. The van der Waals surface area contributed by atoms with Crippen molar-refractivity contribution in [2.45, 2.75) is 19.9 Å². The quantitative estimate of drug-likeness (QED) is 0.406. The van der Waals surface area contributed by atoms with E-state index in [1.54, 1.807) is 48.5 Å². The van der Waals surface area contributed by atoms with E-state index in [0.29, 0.717) is 33.2 Å². The van der Waals surface area contributed by atoms with E-state index in [4.69, 9.17) is 11.6 Å². The molecule has 0 bridgehead atoms. The Labute approximate surface area is 191 Å². The Morgan fingerprint density at radius 1 is 0.750 bits per heavy atom. The average molecular weight is 451 g/mol. The lowest BCUT2D eigenvalue weighted by atomic mass is 10.1. The van der Waals surface area contributed by atoms with Crippen molar-refractivity contribution < 1.29 is 14.4 Å². The third-order valence-electron chi connectivity index (χ3n) is 4.33. The normalized spacial score (nSPS) is 10.4. The van der Waals surface area contributed by atoms with E-state index in [1.165, 1.54) is 6.07 Å². The molecule has 0 atom stereocenters. The first-order valence-electron chi connectivity index (χ1n) is 9.96. The summed E-state index contributed by atoms with van der Waals surface area (Å²) < 4.78 is 0. The highest BCUT2D eigenvalue weighted by Gasteiger charge is 2.16. The molecule has 3 aromatic carbocycles. The number of para-hydroxylation sites is 1. The minimum absolute atomic E-state index is 0.0548. The highest BCUT2D eigenvalue weighted by molar-refractivity contribution is 6.31. The first kappa shape index (κ1) is 22.8. The van der Waals surface area contributed by atoms with Gasteiger partial charge < -0.3 is 21.3 Å². The second-order valence-electron chi connectivity index (χ2n) is 7.29. The van der Waals surface area contributed by atoms with Crippen LogP contribution in [0.5, 0.6) is 0 Å². The summed E-state index contributed by atoms with van der Waals surface area (Å²) in [5.41, 5.74) is 2.17. The molecular weight excluding hydrogens is 428 g/mol. The van der Waals surface area contributed by atoms with Gasteiger partial charge in [0.15, 0.2) is 0 Å². The van der Waals surface area contributed by atoms with Crippen molar-refractivity contribution in [3.8, 4) is 0 Å². The maximum atomic E-state index is 12.7. The highest BCUT2D eigenvalue weighted by Crippen LogP contribution is 2.22. The lowest BCUT2D eigenvalue weighted by Crippen LogP contribution is -2.31.